The Bertz CT molecular complexity index is 413. The summed E-state index contributed by atoms with van der Waals surface area (Å²) in [6, 6.07) is 6.94. The predicted octanol–water partition coefficient (Wildman–Crippen LogP) is 2.77. The van der Waals surface area contributed by atoms with Gasteiger partial charge in [-0.25, -0.2) is 0 Å². The molecule has 1 N–H and O–H groups in total. The molecule has 2 heterocycles. The van der Waals surface area contributed by atoms with Crippen molar-refractivity contribution < 1.29 is 0 Å². The average molecular weight is 281 g/mol. The number of nitrogens with one attached hydrogen (secondary N) is 1. The van der Waals surface area contributed by atoms with E-state index >= 15 is 0 Å². The van der Waals surface area contributed by atoms with Crippen molar-refractivity contribution >= 4 is 12.4 Å². The minimum absolute atomic E-state index is 0. The molecule has 1 aromatic carbocycles. The number of likely N-dealkylation sites (tertiary alicyclic amines) is 1. The van der Waals surface area contributed by atoms with Gasteiger partial charge in [0.25, 0.3) is 0 Å². The number of halogens is 1. The number of hydrogen-bond acceptors (Lipinski definition) is 2. The minimum atomic E-state index is 0. The van der Waals surface area contributed by atoms with Crippen LogP contribution in [-0.2, 0) is 6.54 Å². The van der Waals surface area contributed by atoms with Gasteiger partial charge in [-0.1, -0.05) is 29.3 Å². The summed E-state index contributed by atoms with van der Waals surface area (Å²) in [5, 5.41) is 3.54. The van der Waals surface area contributed by atoms with Gasteiger partial charge in [-0.15, -0.1) is 12.4 Å². The SMILES string of the molecule is Cc1cc(C)cc(CN2CCC3CNCC3C2)c1.Cl. The molecular weight excluding hydrogens is 256 g/mol. The molecule has 0 radical (unpaired) electrons. The molecule has 0 bridgehead atoms. The van der Waals surface area contributed by atoms with Crippen molar-refractivity contribution in [2.45, 2.75) is 26.8 Å². The largest absolute Gasteiger partial charge is 0.316 e. The Kier molecular flexibility index (Phi) is 4.88. The normalized spacial score (nSPS) is 26.8. The van der Waals surface area contributed by atoms with Crippen LogP contribution in [0, 0.1) is 25.7 Å². The van der Waals surface area contributed by atoms with Crippen molar-refractivity contribution in [3.63, 3.8) is 0 Å². The number of nitrogens with zero attached hydrogens (tertiary/aromatic N) is 1. The first-order chi connectivity index (χ1) is 8.70. The van der Waals surface area contributed by atoms with Gasteiger partial charge >= 0.3 is 0 Å². The van der Waals surface area contributed by atoms with Crippen LogP contribution in [0.2, 0.25) is 0 Å². The van der Waals surface area contributed by atoms with Crippen molar-refractivity contribution in [3.05, 3.63) is 34.9 Å². The predicted molar refractivity (Wildman–Crippen MR) is 82.9 cm³/mol. The summed E-state index contributed by atoms with van der Waals surface area (Å²) in [5.41, 5.74) is 4.27. The van der Waals surface area contributed by atoms with E-state index in [1.165, 1.54) is 49.3 Å². The summed E-state index contributed by atoms with van der Waals surface area (Å²) >= 11 is 0. The molecule has 19 heavy (non-hydrogen) atoms. The maximum Gasteiger partial charge on any atom is 0.0234 e. The highest BCUT2D eigenvalue weighted by molar-refractivity contribution is 5.85. The van der Waals surface area contributed by atoms with Crippen molar-refractivity contribution in [1.82, 2.24) is 10.2 Å². The van der Waals surface area contributed by atoms with E-state index in [2.05, 4.69) is 42.3 Å². The van der Waals surface area contributed by atoms with Gasteiger partial charge in [-0.05, 0) is 57.3 Å². The summed E-state index contributed by atoms with van der Waals surface area (Å²) in [6.07, 6.45) is 1.38. The lowest BCUT2D eigenvalue weighted by Gasteiger charge is -2.34. The fraction of sp³-hybridized carbons (Fsp3) is 0.625. The van der Waals surface area contributed by atoms with E-state index in [4.69, 9.17) is 0 Å². The summed E-state index contributed by atoms with van der Waals surface area (Å²) in [4.78, 5) is 2.64. The highest BCUT2D eigenvalue weighted by atomic mass is 35.5. The Balaban J connectivity index is 0.00000133. The molecule has 3 rings (SSSR count). The van der Waals surface area contributed by atoms with Crippen molar-refractivity contribution in [3.8, 4) is 0 Å². The van der Waals surface area contributed by atoms with Gasteiger partial charge in [-0.3, -0.25) is 4.90 Å². The molecule has 0 amide bonds. The van der Waals surface area contributed by atoms with E-state index in [1.54, 1.807) is 0 Å². The van der Waals surface area contributed by atoms with Crippen molar-refractivity contribution in [2.24, 2.45) is 11.8 Å². The maximum atomic E-state index is 3.54. The number of hydrogen-bond donors (Lipinski definition) is 1. The quantitative estimate of drug-likeness (QED) is 0.896. The number of aryl methyl sites for hydroxylation is 2. The Morgan fingerprint density at radius 1 is 1.11 bits per heavy atom. The second kappa shape index (κ2) is 6.25. The summed E-state index contributed by atoms with van der Waals surface area (Å²) in [5.74, 6) is 1.84. The lowest BCUT2D eigenvalue weighted by molar-refractivity contribution is 0.142. The van der Waals surface area contributed by atoms with Crippen LogP contribution in [0.15, 0.2) is 18.2 Å². The third-order valence-corrected chi connectivity index (χ3v) is 4.48. The third-order valence-electron chi connectivity index (χ3n) is 4.48. The van der Waals surface area contributed by atoms with Gasteiger partial charge in [0.05, 0.1) is 0 Å². The molecule has 0 spiro atoms. The molecule has 0 aromatic heterocycles. The fourth-order valence-electron chi connectivity index (χ4n) is 3.67. The zero-order valence-corrected chi connectivity index (χ0v) is 12.8. The molecule has 2 atom stereocenters. The van der Waals surface area contributed by atoms with E-state index in [1.807, 2.05) is 0 Å². The van der Waals surface area contributed by atoms with Crippen LogP contribution in [0.25, 0.3) is 0 Å². The molecule has 1 aromatic rings. The molecular formula is C16H25ClN2. The van der Waals surface area contributed by atoms with Crippen LogP contribution in [0.4, 0.5) is 0 Å². The van der Waals surface area contributed by atoms with Gasteiger partial charge in [-0.2, -0.15) is 0 Å². The van der Waals surface area contributed by atoms with E-state index in [0.29, 0.717) is 0 Å². The van der Waals surface area contributed by atoms with E-state index in [-0.39, 0.29) is 12.4 Å². The molecule has 2 nitrogen and oxygen atoms in total. The van der Waals surface area contributed by atoms with Crippen LogP contribution in [0.3, 0.4) is 0 Å². The molecule has 2 fully saturated rings. The highest BCUT2D eigenvalue weighted by Crippen LogP contribution is 2.27. The van der Waals surface area contributed by atoms with Crippen LogP contribution < -0.4 is 5.32 Å². The minimum Gasteiger partial charge on any atom is -0.316 e. The summed E-state index contributed by atoms with van der Waals surface area (Å²) in [7, 11) is 0. The topological polar surface area (TPSA) is 15.3 Å². The van der Waals surface area contributed by atoms with Gasteiger partial charge in [0, 0.05) is 13.1 Å². The first kappa shape index (κ1) is 14.8. The molecule has 2 saturated heterocycles. The second-order valence-corrected chi connectivity index (χ2v) is 6.20. The zero-order chi connectivity index (χ0) is 12.5. The maximum absolute atomic E-state index is 3.54. The van der Waals surface area contributed by atoms with Crippen molar-refractivity contribution in [2.75, 3.05) is 26.2 Å². The van der Waals surface area contributed by atoms with E-state index < -0.39 is 0 Å². The van der Waals surface area contributed by atoms with E-state index in [0.717, 1.165) is 18.4 Å². The zero-order valence-electron chi connectivity index (χ0n) is 12.0. The van der Waals surface area contributed by atoms with Gasteiger partial charge in [0.1, 0.15) is 0 Å². The van der Waals surface area contributed by atoms with Gasteiger partial charge < -0.3 is 5.32 Å². The Morgan fingerprint density at radius 3 is 2.53 bits per heavy atom. The standard InChI is InChI=1S/C16H24N2.ClH/c1-12-5-13(2)7-14(6-12)10-18-4-3-15-8-17-9-16(15)11-18;/h5-7,15-17H,3-4,8-11H2,1-2H3;1H. The lowest BCUT2D eigenvalue weighted by atomic mass is 9.88. The molecule has 0 aliphatic carbocycles. The Morgan fingerprint density at radius 2 is 1.79 bits per heavy atom. The van der Waals surface area contributed by atoms with Crippen molar-refractivity contribution in [1.29, 1.82) is 0 Å². The fourth-order valence-corrected chi connectivity index (χ4v) is 3.67. The molecule has 106 valence electrons. The van der Waals surface area contributed by atoms with E-state index in [9.17, 15) is 0 Å². The first-order valence-corrected chi connectivity index (χ1v) is 7.21. The van der Waals surface area contributed by atoms with Crippen LogP contribution in [0.1, 0.15) is 23.1 Å². The molecule has 2 unspecified atom stereocenters. The number of fused-ring (bicyclic) bond motifs is 1. The Hall–Kier alpha value is -0.570. The number of piperidine rings is 1. The monoisotopic (exact) mass is 280 g/mol. The smallest absolute Gasteiger partial charge is 0.0234 e. The molecule has 2 aliphatic heterocycles. The third kappa shape index (κ3) is 3.50. The Labute approximate surface area is 123 Å². The number of rotatable bonds is 2. The van der Waals surface area contributed by atoms with Crippen LogP contribution >= 0.6 is 12.4 Å². The molecule has 3 heteroatoms. The lowest BCUT2D eigenvalue weighted by Crippen LogP contribution is -2.39. The number of benzene rings is 1. The molecule has 0 saturated carbocycles. The highest BCUT2D eigenvalue weighted by Gasteiger charge is 2.32. The van der Waals surface area contributed by atoms with Crippen LogP contribution in [-0.4, -0.2) is 31.1 Å². The van der Waals surface area contributed by atoms with Gasteiger partial charge in [0.2, 0.25) is 0 Å². The second-order valence-electron chi connectivity index (χ2n) is 6.20. The van der Waals surface area contributed by atoms with Crippen LogP contribution in [0.5, 0.6) is 0 Å². The summed E-state index contributed by atoms with van der Waals surface area (Å²) < 4.78 is 0. The molecule has 2 aliphatic rings. The average Bonchev–Trinajstić information content (AvgIpc) is 2.74. The summed E-state index contributed by atoms with van der Waals surface area (Å²) in [6.45, 7) is 10.6. The van der Waals surface area contributed by atoms with Gasteiger partial charge in [0.15, 0.2) is 0 Å². The first-order valence-electron chi connectivity index (χ1n) is 7.21.